The first-order valence-electron chi connectivity index (χ1n) is 47.8. The number of aromatic nitrogens is 18. The fraction of sp³-hybridized carbons (Fsp3) is 0.138. The first-order chi connectivity index (χ1) is 69.6. The highest BCUT2D eigenvalue weighted by Crippen LogP contribution is 2.39. The molecule has 26 rings (SSSR count). The van der Waals surface area contributed by atoms with Crippen LogP contribution in [0.4, 0.5) is 63.2 Å². The number of nitrogens with one attached hydrogen (secondary N) is 8. The average Bonchev–Trinajstić information content (AvgIpc) is 1.66. The molecule has 0 aliphatic carbocycles. The van der Waals surface area contributed by atoms with Crippen LogP contribution in [0.1, 0.15) is 61.2 Å². The molecule has 0 saturated carbocycles. The predicted octanol–water partition coefficient (Wildman–Crippen LogP) is 27.7. The summed E-state index contributed by atoms with van der Waals surface area (Å²) in [5.74, 6) is 3.94. The van der Waals surface area contributed by atoms with Gasteiger partial charge in [-0.3, -0.25) is 0 Å². The molecule has 0 atom stereocenters. The maximum Gasteiger partial charge on any atom is 0.154 e. The van der Waals surface area contributed by atoms with E-state index in [1.165, 1.54) is 113 Å². The number of hydrogen-bond donors (Lipinski definition) is 8. The third-order valence-corrected chi connectivity index (χ3v) is 28.8. The monoisotopic (exact) mass is 1910 g/mol. The molecular formula is C116H105N25S2. The van der Waals surface area contributed by atoms with Gasteiger partial charge in [0.15, 0.2) is 57.3 Å². The minimum absolute atomic E-state index is 0.780. The quantitative estimate of drug-likeness (QED) is 0.0447. The number of likely N-dealkylation sites (N-methyl/N-ethyl adjacent to an activating group) is 1. The number of aryl methyl sites for hydroxylation is 11. The number of benzene rings is 10. The molecule has 0 amide bonds. The van der Waals surface area contributed by atoms with Crippen molar-refractivity contribution in [1.29, 1.82) is 0 Å². The van der Waals surface area contributed by atoms with Crippen molar-refractivity contribution in [2.45, 2.75) is 76.2 Å². The lowest BCUT2D eigenvalue weighted by molar-refractivity contribution is 0.313. The Kier molecular flexibility index (Phi) is 24.6. The van der Waals surface area contributed by atoms with Gasteiger partial charge in [-0.1, -0.05) is 109 Å². The van der Waals surface area contributed by atoms with Crippen molar-refractivity contribution in [3.05, 3.63) is 383 Å². The molecule has 0 spiro atoms. The lowest BCUT2D eigenvalue weighted by Crippen LogP contribution is -2.44. The number of rotatable bonds is 16. The number of para-hydroxylation sites is 1. The summed E-state index contributed by atoms with van der Waals surface area (Å²) in [5, 5.41) is 47.1. The van der Waals surface area contributed by atoms with Gasteiger partial charge in [0, 0.05) is 102 Å². The van der Waals surface area contributed by atoms with E-state index >= 15 is 0 Å². The van der Waals surface area contributed by atoms with Crippen molar-refractivity contribution in [3.8, 4) is 55.3 Å². The van der Waals surface area contributed by atoms with E-state index in [2.05, 4.69) is 390 Å². The van der Waals surface area contributed by atoms with Gasteiger partial charge >= 0.3 is 0 Å². The van der Waals surface area contributed by atoms with Crippen LogP contribution >= 0.6 is 22.7 Å². The van der Waals surface area contributed by atoms with Crippen molar-refractivity contribution in [1.82, 2.24) is 92.8 Å². The molecular weight excluding hydrogens is 1810 g/mol. The Morgan fingerprint density at radius 2 is 0.622 bits per heavy atom. The van der Waals surface area contributed by atoms with Crippen molar-refractivity contribution in [2.24, 2.45) is 0 Å². The summed E-state index contributed by atoms with van der Waals surface area (Å²) in [6.07, 6.45) is 9.39. The lowest BCUT2D eigenvalue weighted by atomic mass is 10.1. The number of piperazine rings is 1. The molecule has 27 heteroatoms. The Hall–Kier alpha value is -17.4. The smallest absolute Gasteiger partial charge is 0.154 e. The lowest BCUT2D eigenvalue weighted by Gasteiger charge is -2.34. The highest BCUT2D eigenvalue weighted by Gasteiger charge is 2.21. The molecule has 143 heavy (non-hydrogen) atoms. The van der Waals surface area contributed by atoms with Gasteiger partial charge in [-0.15, -0.1) is 48.2 Å². The fourth-order valence-corrected chi connectivity index (χ4v) is 20.0. The molecule has 25 nitrogen and oxygen atoms in total. The second-order valence-electron chi connectivity index (χ2n) is 36.9. The Morgan fingerprint density at radius 3 is 1.05 bits per heavy atom. The maximum atomic E-state index is 4.86. The number of hydrogen-bond acceptors (Lipinski definition) is 19. The van der Waals surface area contributed by atoms with E-state index in [0.29, 0.717) is 0 Å². The van der Waals surface area contributed by atoms with E-state index in [-0.39, 0.29) is 0 Å². The molecule has 1 aliphatic rings. The molecule has 25 aromatic rings. The van der Waals surface area contributed by atoms with Gasteiger partial charge < -0.3 is 51.3 Å². The molecule has 1 aliphatic heterocycles. The molecule has 15 aromatic heterocycles. The number of nitrogens with zero attached hydrogens (tertiary/aromatic N) is 17. The SMILES string of the molecule is CN1CCN(c2cccc(Nc3ccc4ncc(-c5cc6ccccc6s5)n4n3)c2)CC1.Cc1ccc(Nc2ccc3ncc(-c4cc5cccc(C)c5[nH]4)n3n2)cc1C.Cc1ccc(Nc2ccc3ncc(-c4cc5ccccc5s4)n3n2)cc1C.Cc1ccc2[nH]c(-c3cnc4ccc(Nc5ccc(C)c(C)c5)nn34)cc2c1.Cc1ccc2cc(-c3cnc4ccc(Nc5ccc(C)c(C)c5)nn34)[nH]c2c1. The van der Waals surface area contributed by atoms with Gasteiger partial charge in [-0.05, 0) is 338 Å². The van der Waals surface area contributed by atoms with E-state index in [0.717, 1.165) is 174 Å². The third-order valence-electron chi connectivity index (χ3n) is 26.5. The highest BCUT2D eigenvalue weighted by molar-refractivity contribution is 7.22. The van der Waals surface area contributed by atoms with Crippen LogP contribution in [0.2, 0.25) is 0 Å². The normalized spacial score (nSPS) is 12.2. The fourth-order valence-electron chi connectivity index (χ4n) is 17.9. The predicted molar refractivity (Wildman–Crippen MR) is 589 cm³/mol. The zero-order valence-electron chi connectivity index (χ0n) is 81.3. The van der Waals surface area contributed by atoms with Gasteiger partial charge in [0.25, 0.3) is 0 Å². The van der Waals surface area contributed by atoms with E-state index in [4.69, 9.17) is 25.5 Å². The summed E-state index contributed by atoms with van der Waals surface area (Å²) < 4.78 is 12.0. The Labute approximate surface area is 833 Å². The van der Waals surface area contributed by atoms with Crippen molar-refractivity contribution < 1.29 is 0 Å². The van der Waals surface area contributed by atoms with E-state index in [1.54, 1.807) is 22.7 Å². The Morgan fingerprint density at radius 1 is 0.259 bits per heavy atom. The third kappa shape index (κ3) is 19.4. The highest BCUT2D eigenvalue weighted by atomic mass is 32.1. The Balaban J connectivity index is 0.000000102. The van der Waals surface area contributed by atoms with Crippen molar-refractivity contribution in [2.75, 3.05) is 64.7 Å². The zero-order chi connectivity index (χ0) is 97.6. The molecule has 0 radical (unpaired) electrons. The number of aromatic amines is 3. The number of imidazole rings is 5. The van der Waals surface area contributed by atoms with Crippen LogP contribution in [0, 0.1) is 76.2 Å². The second-order valence-corrected chi connectivity index (χ2v) is 39.1. The van der Waals surface area contributed by atoms with Gasteiger partial charge in [-0.25, -0.2) is 47.5 Å². The first kappa shape index (κ1) is 90.7. The summed E-state index contributed by atoms with van der Waals surface area (Å²) in [7, 11) is 2.18. The molecule has 8 N–H and O–H groups in total. The van der Waals surface area contributed by atoms with Crippen LogP contribution in [0.25, 0.3) is 136 Å². The molecule has 0 bridgehead atoms. The first-order valence-corrected chi connectivity index (χ1v) is 49.4. The van der Waals surface area contributed by atoms with Crippen molar-refractivity contribution in [3.63, 3.8) is 0 Å². The zero-order valence-corrected chi connectivity index (χ0v) is 83.0. The van der Waals surface area contributed by atoms with Gasteiger partial charge in [0.2, 0.25) is 0 Å². The van der Waals surface area contributed by atoms with E-state index < -0.39 is 0 Å². The van der Waals surface area contributed by atoms with E-state index in [1.807, 2.05) is 114 Å². The van der Waals surface area contributed by atoms with Gasteiger partial charge in [-0.2, -0.15) is 0 Å². The van der Waals surface area contributed by atoms with Crippen LogP contribution in [-0.2, 0) is 0 Å². The maximum absolute atomic E-state index is 4.86. The molecule has 16 heterocycles. The number of fused-ring (bicyclic) bond motifs is 10. The average molecular weight is 1910 g/mol. The summed E-state index contributed by atoms with van der Waals surface area (Å²) in [6, 6.07) is 100. The number of anilines is 11. The minimum Gasteiger partial charge on any atom is -0.369 e. The van der Waals surface area contributed by atoms with Crippen LogP contribution in [-0.4, -0.2) is 126 Å². The molecule has 0 unspecified atom stereocenters. The summed E-state index contributed by atoms with van der Waals surface area (Å²) in [4.78, 5) is 40.3. The van der Waals surface area contributed by atoms with Gasteiger partial charge in [0.1, 0.15) is 28.5 Å². The molecule has 1 saturated heterocycles. The van der Waals surface area contributed by atoms with E-state index in [9.17, 15) is 0 Å². The number of thiophene rings is 2. The van der Waals surface area contributed by atoms with Crippen LogP contribution < -0.4 is 31.5 Å². The second kappa shape index (κ2) is 38.8. The number of H-pyrrole nitrogens is 3. The van der Waals surface area contributed by atoms with Crippen LogP contribution in [0.5, 0.6) is 0 Å². The molecule has 10 aromatic carbocycles. The van der Waals surface area contributed by atoms with Crippen LogP contribution in [0.3, 0.4) is 0 Å². The van der Waals surface area contributed by atoms with Crippen LogP contribution in [0.15, 0.2) is 322 Å². The summed E-state index contributed by atoms with van der Waals surface area (Å²) in [5.41, 5.74) is 35.6. The summed E-state index contributed by atoms with van der Waals surface area (Å²) >= 11 is 3.53. The Bertz CT molecular complexity index is 8800. The minimum atomic E-state index is 0.780. The standard InChI is InChI=1S/C25H24N6S.3C23H21N5.C22H18N4S/c1-29-11-13-30(14-12-29)20-7-4-6-19(16-20)27-24-9-10-25-26-17-21(31(25)28-24)23-15-18-5-2-3-8-22(18)32-23;1-14-4-7-19-17(10-14)12-20(26-19)21-13-24-23-9-8-22(27-28(21)23)25-18-6-5-15(2)16(3)11-18;1-14-4-6-17-12-20(26-19(17)10-14)21-13-24-23-9-8-22(27-28(21)23)25-18-7-5-15(2)16(3)11-18;1-14-7-8-18(11-16(14)3)25-21-9-10-22-24-13-20(28(22)27-21)19-12-17-6-4-5-15(2)23(17)26-19;1-14-7-8-17(11-15(14)2)24-21-9-10-22-23-13-18(26(22)25-21)20-12-16-5-3-4-6-19(16)27-20/h2-10,15-17H,11-14H2,1H3,(H,27,28);3*4-13,26H,1-3H3,(H,25,27);3-13H,1-2H3,(H,24,25). The topological polar surface area (TPSA) is 265 Å². The molecule has 706 valence electrons. The molecule has 1 fully saturated rings. The van der Waals surface area contributed by atoms with Crippen molar-refractivity contribution >= 4 is 167 Å². The summed E-state index contributed by atoms with van der Waals surface area (Å²) in [6.45, 7) is 27.5. The van der Waals surface area contributed by atoms with Gasteiger partial charge in [0.05, 0.1) is 57.8 Å². The largest absolute Gasteiger partial charge is 0.369 e.